The van der Waals surface area contributed by atoms with Crippen molar-refractivity contribution in [2.45, 2.75) is 12.7 Å². The van der Waals surface area contributed by atoms with Gasteiger partial charge in [-0.2, -0.15) is 13.2 Å². The molecule has 0 amide bonds. The average molecular weight is 259 g/mol. The van der Waals surface area contributed by atoms with Crippen LogP contribution in [0.5, 0.6) is 0 Å². The number of hydrogen-bond acceptors (Lipinski definition) is 4. The van der Waals surface area contributed by atoms with Gasteiger partial charge in [0.2, 0.25) is 0 Å². The maximum atomic E-state index is 12.5. The van der Waals surface area contributed by atoms with Gasteiger partial charge in [-0.05, 0) is 22.6 Å². The number of rotatable bonds is 2. The van der Waals surface area contributed by atoms with E-state index in [1.54, 1.807) is 0 Å². The van der Waals surface area contributed by atoms with Crippen molar-refractivity contribution in [3.63, 3.8) is 0 Å². The van der Waals surface area contributed by atoms with E-state index < -0.39 is 17.3 Å². The number of halogens is 3. The first kappa shape index (κ1) is 12.3. The first-order chi connectivity index (χ1) is 8.39. The molecule has 0 bridgehead atoms. The smallest absolute Gasteiger partial charge is 0.307 e. The molecule has 0 fully saturated rings. The molecular formula is C9H8F3N5O. The number of pyridine rings is 1. The molecular weight excluding hydrogens is 251 g/mol. The Morgan fingerprint density at radius 2 is 2.11 bits per heavy atom. The van der Waals surface area contributed by atoms with E-state index in [9.17, 15) is 18.0 Å². The Kier molecular flexibility index (Phi) is 2.89. The van der Waals surface area contributed by atoms with Gasteiger partial charge < -0.3 is 4.57 Å². The van der Waals surface area contributed by atoms with Crippen molar-refractivity contribution in [1.29, 1.82) is 0 Å². The maximum absolute atomic E-state index is 12.5. The van der Waals surface area contributed by atoms with Gasteiger partial charge in [-0.15, -0.1) is 5.10 Å². The fourth-order valence-corrected chi connectivity index (χ4v) is 1.41. The molecule has 18 heavy (non-hydrogen) atoms. The monoisotopic (exact) mass is 259 g/mol. The van der Waals surface area contributed by atoms with E-state index in [1.165, 1.54) is 17.9 Å². The summed E-state index contributed by atoms with van der Waals surface area (Å²) in [5.41, 5.74) is -2.33. The third-order valence-corrected chi connectivity index (χ3v) is 2.35. The molecule has 2 rings (SSSR count). The molecule has 2 aromatic heterocycles. The van der Waals surface area contributed by atoms with E-state index >= 15 is 0 Å². The van der Waals surface area contributed by atoms with Crippen molar-refractivity contribution in [3.8, 4) is 0 Å². The molecule has 6 nitrogen and oxygen atoms in total. The first-order valence-corrected chi connectivity index (χ1v) is 4.87. The number of alkyl halides is 3. The predicted octanol–water partition coefficient (Wildman–Crippen LogP) is 0.439. The van der Waals surface area contributed by atoms with Crippen molar-refractivity contribution in [1.82, 2.24) is 24.8 Å². The van der Waals surface area contributed by atoms with Crippen LogP contribution in [0.1, 0.15) is 11.4 Å². The molecule has 2 heterocycles. The molecule has 2 aromatic rings. The summed E-state index contributed by atoms with van der Waals surface area (Å²) in [5.74, 6) is 0.288. The van der Waals surface area contributed by atoms with Gasteiger partial charge in [0.15, 0.2) is 5.82 Å². The van der Waals surface area contributed by atoms with E-state index in [2.05, 4.69) is 15.5 Å². The minimum absolute atomic E-state index is 0.119. The molecule has 0 atom stereocenters. The van der Waals surface area contributed by atoms with Gasteiger partial charge in [-0.3, -0.25) is 4.79 Å². The summed E-state index contributed by atoms with van der Waals surface area (Å²) < 4.78 is 39.8. The molecule has 0 saturated carbocycles. The second-order valence-electron chi connectivity index (χ2n) is 3.57. The molecule has 0 aliphatic rings. The summed E-state index contributed by atoms with van der Waals surface area (Å²) in [6.45, 7) is -0.119. The van der Waals surface area contributed by atoms with Crippen molar-refractivity contribution in [2.24, 2.45) is 7.05 Å². The molecule has 9 heteroatoms. The van der Waals surface area contributed by atoms with Gasteiger partial charge in [-0.1, -0.05) is 0 Å². The Morgan fingerprint density at radius 1 is 1.39 bits per heavy atom. The SMILES string of the molecule is Cn1nnnc1Cn1cccc(C(F)(F)F)c1=O. The quantitative estimate of drug-likeness (QED) is 0.785. The van der Waals surface area contributed by atoms with Gasteiger partial charge in [-0.25, -0.2) is 4.68 Å². The largest absolute Gasteiger partial charge is 0.421 e. The van der Waals surface area contributed by atoms with Crippen LogP contribution in [-0.2, 0) is 19.8 Å². The first-order valence-electron chi connectivity index (χ1n) is 4.87. The fraction of sp³-hybridized carbons (Fsp3) is 0.333. The van der Waals surface area contributed by atoms with Crippen LogP contribution in [0.4, 0.5) is 13.2 Å². The summed E-state index contributed by atoms with van der Waals surface area (Å²) in [6.07, 6.45) is -3.41. The van der Waals surface area contributed by atoms with Crippen molar-refractivity contribution in [3.05, 3.63) is 40.1 Å². The minimum atomic E-state index is -4.67. The number of aromatic nitrogens is 5. The number of tetrazole rings is 1. The van der Waals surface area contributed by atoms with E-state index in [0.717, 1.165) is 16.7 Å². The van der Waals surface area contributed by atoms with E-state index in [0.29, 0.717) is 0 Å². The topological polar surface area (TPSA) is 65.6 Å². The van der Waals surface area contributed by atoms with E-state index in [4.69, 9.17) is 0 Å². The molecule has 0 spiro atoms. The van der Waals surface area contributed by atoms with Gasteiger partial charge >= 0.3 is 6.18 Å². The predicted molar refractivity (Wildman–Crippen MR) is 53.6 cm³/mol. The lowest BCUT2D eigenvalue weighted by Crippen LogP contribution is -2.29. The number of nitrogens with zero attached hydrogens (tertiary/aromatic N) is 5. The Labute approximate surface area is 98.7 Å². The van der Waals surface area contributed by atoms with E-state index in [1.807, 2.05) is 0 Å². The van der Waals surface area contributed by atoms with Crippen LogP contribution in [0, 0.1) is 0 Å². The van der Waals surface area contributed by atoms with Gasteiger partial charge in [0.25, 0.3) is 5.56 Å². The number of aryl methyl sites for hydroxylation is 1. The van der Waals surface area contributed by atoms with Crippen molar-refractivity contribution >= 4 is 0 Å². The highest BCUT2D eigenvalue weighted by Gasteiger charge is 2.34. The van der Waals surface area contributed by atoms with Crippen LogP contribution in [0.3, 0.4) is 0 Å². The highest BCUT2D eigenvalue weighted by atomic mass is 19.4. The zero-order valence-corrected chi connectivity index (χ0v) is 9.22. The van der Waals surface area contributed by atoms with Crippen LogP contribution in [-0.4, -0.2) is 24.8 Å². The molecule has 0 N–H and O–H groups in total. The fourth-order valence-electron chi connectivity index (χ4n) is 1.41. The lowest BCUT2D eigenvalue weighted by molar-refractivity contribution is -0.138. The van der Waals surface area contributed by atoms with Crippen LogP contribution >= 0.6 is 0 Å². The second kappa shape index (κ2) is 4.24. The lowest BCUT2D eigenvalue weighted by Gasteiger charge is -2.09. The third-order valence-electron chi connectivity index (χ3n) is 2.35. The van der Waals surface area contributed by atoms with Crippen molar-refractivity contribution < 1.29 is 13.2 Å². The summed E-state index contributed by atoms with van der Waals surface area (Å²) in [4.78, 5) is 11.6. The van der Waals surface area contributed by atoms with Crippen molar-refractivity contribution in [2.75, 3.05) is 0 Å². The third kappa shape index (κ3) is 2.24. The van der Waals surface area contributed by atoms with Crippen LogP contribution in [0.15, 0.2) is 23.1 Å². The Hall–Kier alpha value is -2.19. The maximum Gasteiger partial charge on any atom is 0.421 e. The zero-order chi connectivity index (χ0) is 13.3. The van der Waals surface area contributed by atoms with E-state index in [-0.39, 0.29) is 12.4 Å². The summed E-state index contributed by atoms with van der Waals surface area (Å²) in [7, 11) is 1.54. The minimum Gasteiger partial charge on any atom is -0.307 e. The highest BCUT2D eigenvalue weighted by molar-refractivity contribution is 5.14. The summed E-state index contributed by atoms with van der Waals surface area (Å²) in [6, 6.07) is 1.90. The Morgan fingerprint density at radius 3 is 2.67 bits per heavy atom. The van der Waals surface area contributed by atoms with Gasteiger partial charge in [0, 0.05) is 13.2 Å². The molecule has 96 valence electrons. The molecule has 0 aliphatic heterocycles. The molecule has 0 aromatic carbocycles. The van der Waals surface area contributed by atoms with Gasteiger partial charge in [0.05, 0.1) is 6.54 Å². The summed E-state index contributed by atoms with van der Waals surface area (Å²) in [5, 5.41) is 10.5. The Bertz CT molecular complexity index is 615. The highest BCUT2D eigenvalue weighted by Crippen LogP contribution is 2.25. The molecule has 0 unspecified atom stereocenters. The van der Waals surface area contributed by atoms with Crippen LogP contribution < -0.4 is 5.56 Å². The van der Waals surface area contributed by atoms with Crippen LogP contribution in [0.25, 0.3) is 0 Å². The van der Waals surface area contributed by atoms with Gasteiger partial charge in [0.1, 0.15) is 5.56 Å². The number of hydrogen-bond donors (Lipinski definition) is 0. The average Bonchev–Trinajstić information content (AvgIpc) is 2.66. The second-order valence-corrected chi connectivity index (χ2v) is 3.57. The molecule has 0 saturated heterocycles. The molecule has 0 aliphatic carbocycles. The molecule has 0 radical (unpaired) electrons. The lowest BCUT2D eigenvalue weighted by atomic mass is 10.2. The normalized spacial score (nSPS) is 11.8. The zero-order valence-electron chi connectivity index (χ0n) is 9.22. The Balaban J connectivity index is 2.42. The summed E-state index contributed by atoms with van der Waals surface area (Å²) >= 11 is 0. The standard InChI is InChI=1S/C9H8F3N5O/c1-16-7(13-14-15-16)5-17-4-2-3-6(8(17)18)9(10,11)12/h2-4H,5H2,1H3. The van der Waals surface area contributed by atoms with Crippen LogP contribution in [0.2, 0.25) is 0 Å².